The zero-order chi connectivity index (χ0) is 12.5. The minimum atomic E-state index is -0.245. The fraction of sp³-hybridized carbons (Fsp3) is 0.429. The second-order valence-electron chi connectivity index (χ2n) is 4.88. The van der Waals surface area contributed by atoms with Gasteiger partial charge in [-0.15, -0.1) is 0 Å². The molecule has 94 valence electrons. The Labute approximate surface area is 105 Å². The lowest BCUT2D eigenvalue weighted by atomic mass is 10.1. The van der Waals surface area contributed by atoms with E-state index in [9.17, 15) is 4.39 Å². The van der Waals surface area contributed by atoms with Gasteiger partial charge in [0.05, 0.1) is 5.52 Å². The van der Waals surface area contributed by atoms with E-state index in [2.05, 4.69) is 15.3 Å². The lowest BCUT2D eigenvalue weighted by Gasteiger charge is -2.10. The largest absolute Gasteiger partial charge is 0.314 e. The normalized spacial score (nSPS) is 19.6. The highest BCUT2D eigenvalue weighted by Gasteiger charge is 2.16. The zero-order valence-electron chi connectivity index (χ0n) is 10.4. The fourth-order valence-electron chi connectivity index (χ4n) is 2.56. The number of rotatable bonds is 2. The maximum absolute atomic E-state index is 13.2. The van der Waals surface area contributed by atoms with Crippen molar-refractivity contribution in [2.24, 2.45) is 0 Å². The maximum atomic E-state index is 13.2. The van der Waals surface area contributed by atoms with E-state index >= 15 is 0 Å². The zero-order valence-corrected chi connectivity index (χ0v) is 10.4. The first-order valence-corrected chi connectivity index (χ1v) is 6.38. The van der Waals surface area contributed by atoms with Crippen LogP contribution in [0.1, 0.15) is 24.4 Å². The molecular formula is C14H16FN3. The standard InChI is InChI=1S/C14H16FN3/c1-9-12-5-4-10(15)7-13(12)18-14(17-9)8-11-3-2-6-16-11/h4-5,7,11,16H,2-3,6,8H2,1H3. The molecule has 1 N–H and O–H groups in total. The lowest BCUT2D eigenvalue weighted by molar-refractivity contribution is 0.585. The molecule has 1 fully saturated rings. The molecular weight excluding hydrogens is 229 g/mol. The van der Waals surface area contributed by atoms with Gasteiger partial charge in [-0.25, -0.2) is 14.4 Å². The van der Waals surface area contributed by atoms with E-state index in [1.807, 2.05) is 6.92 Å². The van der Waals surface area contributed by atoms with E-state index in [0.717, 1.165) is 29.9 Å². The Bertz CT molecular complexity index is 577. The van der Waals surface area contributed by atoms with Gasteiger partial charge in [-0.3, -0.25) is 0 Å². The molecule has 18 heavy (non-hydrogen) atoms. The maximum Gasteiger partial charge on any atom is 0.130 e. The molecule has 1 aromatic heterocycles. The third-order valence-corrected chi connectivity index (χ3v) is 3.49. The van der Waals surface area contributed by atoms with Crippen LogP contribution in [-0.2, 0) is 6.42 Å². The molecule has 1 saturated heterocycles. The van der Waals surface area contributed by atoms with E-state index in [4.69, 9.17) is 0 Å². The van der Waals surface area contributed by atoms with Crippen molar-refractivity contribution in [1.82, 2.24) is 15.3 Å². The van der Waals surface area contributed by atoms with Gasteiger partial charge in [0, 0.05) is 29.6 Å². The number of nitrogens with zero attached hydrogens (tertiary/aromatic N) is 2. The van der Waals surface area contributed by atoms with Crippen molar-refractivity contribution in [2.75, 3.05) is 6.54 Å². The predicted octanol–water partition coefficient (Wildman–Crippen LogP) is 2.37. The van der Waals surface area contributed by atoms with Gasteiger partial charge in [-0.1, -0.05) is 0 Å². The Morgan fingerprint density at radius 1 is 1.39 bits per heavy atom. The van der Waals surface area contributed by atoms with Crippen molar-refractivity contribution in [3.05, 3.63) is 35.5 Å². The van der Waals surface area contributed by atoms with Gasteiger partial charge in [0.25, 0.3) is 0 Å². The van der Waals surface area contributed by atoms with Gasteiger partial charge in [-0.05, 0) is 38.4 Å². The van der Waals surface area contributed by atoms with Crippen molar-refractivity contribution in [3.63, 3.8) is 0 Å². The third-order valence-electron chi connectivity index (χ3n) is 3.49. The first-order chi connectivity index (χ1) is 8.72. The van der Waals surface area contributed by atoms with Crippen LogP contribution in [0.15, 0.2) is 18.2 Å². The Morgan fingerprint density at radius 3 is 3.06 bits per heavy atom. The first kappa shape index (κ1) is 11.5. The smallest absolute Gasteiger partial charge is 0.130 e. The van der Waals surface area contributed by atoms with Gasteiger partial charge in [0.1, 0.15) is 11.6 Å². The average Bonchev–Trinajstić information content (AvgIpc) is 2.81. The van der Waals surface area contributed by atoms with Gasteiger partial charge < -0.3 is 5.32 Å². The molecule has 0 aliphatic carbocycles. The molecule has 2 heterocycles. The van der Waals surface area contributed by atoms with Crippen molar-refractivity contribution in [2.45, 2.75) is 32.2 Å². The number of hydrogen-bond donors (Lipinski definition) is 1. The number of hydrogen-bond acceptors (Lipinski definition) is 3. The number of fused-ring (bicyclic) bond motifs is 1. The Morgan fingerprint density at radius 2 is 2.28 bits per heavy atom. The quantitative estimate of drug-likeness (QED) is 0.882. The van der Waals surface area contributed by atoms with Gasteiger partial charge in [-0.2, -0.15) is 0 Å². The molecule has 1 aliphatic rings. The monoisotopic (exact) mass is 245 g/mol. The highest BCUT2D eigenvalue weighted by molar-refractivity contribution is 5.80. The number of aromatic nitrogens is 2. The topological polar surface area (TPSA) is 37.8 Å². The van der Waals surface area contributed by atoms with Crippen molar-refractivity contribution in [3.8, 4) is 0 Å². The summed E-state index contributed by atoms with van der Waals surface area (Å²) in [5.41, 5.74) is 1.63. The molecule has 4 heteroatoms. The van der Waals surface area contributed by atoms with E-state index in [1.54, 1.807) is 6.07 Å². The Hall–Kier alpha value is -1.55. The van der Waals surface area contributed by atoms with Crippen molar-refractivity contribution in [1.29, 1.82) is 0 Å². The summed E-state index contributed by atoms with van der Waals surface area (Å²) in [5, 5.41) is 4.36. The first-order valence-electron chi connectivity index (χ1n) is 6.38. The third kappa shape index (κ3) is 2.20. The molecule has 3 nitrogen and oxygen atoms in total. The van der Waals surface area contributed by atoms with Crippen LogP contribution in [-0.4, -0.2) is 22.6 Å². The van der Waals surface area contributed by atoms with Gasteiger partial charge >= 0.3 is 0 Å². The molecule has 0 amide bonds. The van der Waals surface area contributed by atoms with E-state index in [-0.39, 0.29) is 5.82 Å². The Kier molecular flexibility index (Phi) is 2.96. The highest BCUT2D eigenvalue weighted by Crippen LogP contribution is 2.18. The van der Waals surface area contributed by atoms with Crippen molar-refractivity contribution < 1.29 is 4.39 Å². The number of halogens is 1. The van der Waals surface area contributed by atoms with Crippen LogP contribution in [0, 0.1) is 12.7 Å². The minimum absolute atomic E-state index is 0.245. The van der Waals surface area contributed by atoms with Crippen LogP contribution in [0.2, 0.25) is 0 Å². The molecule has 1 atom stereocenters. The highest BCUT2D eigenvalue weighted by atomic mass is 19.1. The molecule has 0 saturated carbocycles. The molecule has 2 aromatic rings. The number of benzene rings is 1. The van der Waals surface area contributed by atoms with Crippen LogP contribution < -0.4 is 5.32 Å². The van der Waals surface area contributed by atoms with E-state index in [1.165, 1.54) is 25.0 Å². The SMILES string of the molecule is Cc1nc(CC2CCCN2)nc2cc(F)ccc12. The van der Waals surface area contributed by atoms with Crippen LogP contribution in [0.5, 0.6) is 0 Å². The molecule has 3 rings (SSSR count). The molecule has 0 bridgehead atoms. The second kappa shape index (κ2) is 4.61. The predicted molar refractivity (Wildman–Crippen MR) is 69.0 cm³/mol. The van der Waals surface area contributed by atoms with Crippen molar-refractivity contribution >= 4 is 10.9 Å². The summed E-state index contributed by atoms with van der Waals surface area (Å²) in [4.78, 5) is 8.99. The van der Waals surface area contributed by atoms with Crippen LogP contribution >= 0.6 is 0 Å². The summed E-state index contributed by atoms with van der Waals surface area (Å²) in [6.07, 6.45) is 3.21. The van der Waals surface area contributed by atoms with E-state index < -0.39 is 0 Å². The second-order valence-corrected chi connectivity index (χ2v) is 4.88. The lowest BCUT2D eigenvalue weighted by Crippen LogP contribution is -2.24. The van der Waals surface area contributed by atoms with E-state index in [0.29, 0.717) is 11.6 Å². The molecule has 0 radical (unpaired) electrons. The van der Waals surface area contributed by atoms with Gasteiger partial charge in [0.2, 0.25) is 0 Å². The summed E-state index contributed by atoms with van der Waals surface area (Å²) >= 11 is 0. The number of aryl methyl sites for hydroxylation is 1. The van der Waals surface area contributed by atoms with Crippen LogP contribution in [0.4, 0.5) is 4.39 Å². The molecule has 1 unspecified atom stereocenters. The number of nitrogens with one attached hydrogen (secondary N) is 1. The summed E-state index contributed by atoms with van der Waals surface area (Å²) in [6.45, 7) is 3.03. The molecule has 0 spiro atoms. The summed E-state index contributed by atoms with van der Waals surface area (Å²) in [7, 11) is 0. The summed E-state index contributed by atoms with van der Waals surface area (Å²) in [5.74, 6) is 0.565. The molecule has 1 aromatic carbocycles. The Balaban J connectivity index is 1.97. The average molecular weight is 245 g/mol. The van der Waals surface area contributed by atoms with Crippen LogP contribution in [0.25, 0.3) is 10.9 Å². The minimum Gasteiger partial charge on any atom is -0.314 e. The molecule has 1 aliphatic heterocycles. The fourth-order valence-corrected chi connectivity index (χ4v) is 2.56. The van der Waals surface area contributed by atoms with Crippen LogP contribution in [0.3, 0.4) is 0 Å². The summed E-state index contributed by atoms with van der Waals surface area (Å²) < 4.78 is 13.2. The summed E-state index contributed by atoms with van der Waals surface area (Å²) in [6, 6.07) is 5.15. The van der Waals surface area contributed by atoms with Gasteiger partial charge in [0.15, 0.2) is 0 Å².